The Morgan fingerprint density at radius 3 is 2.20 bits per heavy atom. The summed E-state index contributed by atoms with van der Waals surface area (Å²) in [6, 6.07) is 22.0. The van der Waals surface area contributed by atoms with Crippen molar-refractivity contribution in [2.75, 3.05) is 13.1 Å². The molecule has 0 saturated carbocycles. The van der Waals surface area contributed by atoms with E-state index in [0.717, 1.165) is 51.5 Å². The summed E-state index contributed by atoms with van der Waals surface area (Å²) in [7, 11) is 0. The molecule has 7 N–H and O–H groups in total. The number of carbonyl (C=O) groups is 4. The van der Waals surface area contributed by atoms with Crippen LogP contribution in [0.1, 0.15) is 29.5 Å². The summed E-state index contributed by atoms with van der Waals surface area (Å²) >= 11 is 0. The zero-order chi connectivity index (χ0) is 34.2. The maximum Gasteiger partial charge on any atom is 0.243 e. The van der Waals surface area contributed by atoms with Crippen molar-refractivity contribution in [3.05, 3.63) is 114 Å². The standard InChI is InChI=1S/C38H41N7O4/c39-35(46)32(20-25-6-5-15-41-22-25)43-38(49)34(21-29-23-42-31-10-4-3-9-30(29)31)45-37(48)33(44-36(47)27-13-16-40-17-14-27)19-24-11-12-26-7-1-2-8-28(26)18-24/h1-12,15,18,22-23,27,32-34,40,42H,13-14,16-17,19-21H2,(H2,39,46)(H,43,49)(H,44,47)(H,45,48)/t32-,33+,34+/m0/s1. The lowest BCUT2D eigenvalue weighted by molar-refractivity contribution is -0.134. The van der Waals surface area contributed by atoms with Crippen molar-refractivity contribution in [2.24, 2.45) is 11.7 Å². The summed E-state index contributed by atoms with van der Waals surface area (Å²) < 4.78 is 0. The van der Waals surface area contributed by atoms with Crippen molar-refractivity contribution in [1.82, 2.24) is 31.2 Å². The minimum Gasteiger partial charge on any atom is -0.368 e. The predicted molar refractivity (Wildman–Crippen MR) is 188 cm³/mol. The van der Waals surface area contributed by atoms with E-state index in [1.807, 2.05) is 72.9 Å². The van der Waals surface area contributed by atoms with Gasteiger partial charge in [0.15, 0.2) is 0 Å². The molecule has 3 aromatic carbocycles. The zero-order valence-electron chi connectivity index (χ0n) is 27.2. The molecule has 6 rings (SSSR count). The number of rotatable bonds is 13. The Bertz CT molecular complexity index is 1940. The minimum absolute atomic E-state index is 0.130. The van der Waals surface area contributed by atoms with Crippen molar-refractivity contribution < 1.29 is 19.2 Å². The fourth-order valence-electron chi connectivity index (χ4n) is 6.44. The van der Waals surface area contributed by atoms with E-state index in [4.69, 9.17) is 5.73 Å². The third kappa shape index (κ3) is 8.49. The summed E-state index contributed by atoms with van der Waals surface area (Å²) in [5.41, 5.74) is 9.01. The van der Waals surface area contributed by atoms with Crippen LogP contribution in [0, 0.1) is 5.92 Å². The topological polar surface area (TPSA) is 171 Å². The van der Waals surface area contributed by atoms with Crippen LogP contribution in [-0.4, -0.2) is 64.8 Å². The number of nitrogens with one attached hydrogen (secondary N) is 5. The highest BCUT2D eigenvalue weighted by atomic mass is 16.2. The van der Waals surface area contributed by atoms with Crippen molar-refractivity contribution in [3.63, 3.8) is 0 Å². The number of H-pyrrole nitrogens is 1. The maximum absolute atomic E-state index is 14.2. The van der Waals surface area contributed by atoms with Crippen molar-refractivity contribution >= 4 is 45.3 Å². The Morgan fingerprint density at radius 1 is 0.755 bits per heavy atom. The third-order valence-electron chi connectivity index (χ3n) is 9.15. The molecule has 4 amide bonds. The summed E-state index contributed by atoms with van der Waals surface area (Å²) in [6.45, 7) is 1.46. The number of amides is 4. The summed E-state index contributed by atoms with van der Waals surface area (Å²) in [4.78, 5) is 61.5. The summed E-state index contributed by atoms with van der Waals surface area (Å²) in [6.07, 6.45) is 6.87. The van der Waals surface area contributed by atoms with E-state index in [2.05, 4.69) is 31.2 Å². The predicted octanol–water partition coefficient (Wildman–Crippen LogP) is 2.68. The number of para-hydroxylation sites is 1. The molecule has 11 nitrogen and oxygen atoms in total. The summed E-state index contributed by atoms with van der Waals surface area (Å²) in [5, 5.41) is 15.0. The molecule has 0 bridgehead atoms. The first-order valence-electron chi connectivity index (χ1n) is 16.7. The van der Waals surface area contributed by atoms with E-state index in [1.54, 1.807) is 24.5 Å². The van der Waals surface area contributed by atoms with Gasteiger partial charge in [0.05, 0.1) is 0 Å². The number of aromatic amines is 1. The first-order valence-corrected chi connectivity index (χ1v) is 16.7. The smallest absolute Gasteiger partial charge is 0.243 e. The molecule has 0 unspecified atom stereocenters. The second-order valence-corrected chi connectivity index (χ2v) is 12.6. The van der Waals surface area contributed by atoms with Crippen molar-refractivity contribution in [3.8, 4) is 0 Å². The SMILES string of the molecule is NC(=O)[C@H](Cc1cccnc1)NC(=O)[C@@H](Cc1c[nH]c2ccccc12)NC(=O)[C@@H](Cc1ccc2ccccc2c1)NC(=O)C1CCNCC1. The van der Waals surface area contributed by atoms with Crippen LogP contribution in [0.5, 0.6) is 0 Å². The van der Waals surface area contributed by atoms with E-state index in [1.165, 1.54) is 0 Å². The van der Waals surface area contributed by atoms with Crippen LogP contribution in [0.2, 0.25) is 0 Å². The first kappa shape index (κ1) is 33.4. The van der Waals surface area contributed by atoms with Gasteiger partial charge in [-0.1, -0.05) is 66.7 Å². The molecule has 5 aromatic rings. The molecule has 11 heteroatoms. The Labute approximate surface area is 284 Å². The Morgan fingerprint density at radius 2 is 1.45 bits per heavy atom. The van der Waals surface area contributed by atoms with Gasteiger partial charge in [-0.05, 0) is 65.5 Å². The number of aromatic nitrogens is 2. The van der Waals surface area contributed by atoms with E-state index in [-0.39, 0.29) is 31.1 Å². The molecule has 1 saturated heterocycles. The molecule has 1 aliphatic heterocycles. The number of piperidine rings is 1. The van der Waals surface area contributed by atoms with Crippen LogP contribution < -0.4 is 27.0 Å². The molecule has 0 spiro atoms. The van der Waals surface area contributed by atoms with Gasteiger partial charge < -0.3 is 32.0 Å². The number of hydrogen-bond acceptors (Lipinski definition) is 6. The van der Waals surface area contributed by atoms with Gasteiger partial charge in [0.25, 0.3) is 0 Å². The van der Waals surface area contributed by atoms with Gasteiger partial charge in [0, 0.05) is 54.7 Å². The number of nitrogens with two attached hydrogens (primary N) is 1. The van der Waals surface area contributed by atoms with E-state index >= 15 is 0 Å². The largest absolute Gasteiger partial charge is 0.368 e. The van der Waals surface area contributed by atoms with Gasteiger partial charge in [0.2, 0.25) is 23.6 Å². The van der Waals surface area contributed by atoms with Crippen LogP contribution in [0.15, 0.2) is 97.5 Å². The van der Waals surface area contributed by atoms with E-state index in [9.17, 15) is 19.2 Å². The van der Waals surface area contributed by atoms with Gasteiger partial charge in [-0.2, -0.15) is 0 Å². The fraction of sp³-hybridized carbons (Fsp3) is 0.289. The van der Waals surface area contributed by atoms with E-state index < -0.39 is 35.8 Å². The second kappa shape index (κ2) is 15.6. The summed E-state index contributed by atoms with van der Waals surface area (Å²) in [5.74, 6) is -2.19. The molecular weight excluding hydrogens is 618 g/mol. The number of nitrogens with zero attached hydrogens (tertiary/aromatic N) is 1. The average Bonchev–Trinajstić information content (AvgIpc) is 3.54. The fourth-order valence-corrected chi connectivity index (χ4v) is 6.44. The number of fused-ring (bicyclic) bond motifs is 2. The molecule has 0 radical (unpaired) electrons. The molecule has 3 heterocycles. The number of benzene rings is 3. The molecule has 0 aliphatic carbocycles. The van der Waals surface area contributed by atoms with Crippen molar-refractivity contribution in [1.29, 1.82) is 0 Å². The Hall–Kier alpha value is -5.55. The quantitative estimate of drug-likeness (QED) is 0.114. The Kier molecular flexibility index (Phi) is 10.6. The normalized spacial score (nSPS) is 15.3. The van der Waals surface area contributed by atoms with Gasteiger partial charge in [-0.3, -0.25) is 24.2 Å². The molecular formula is C38H41N7O4. The van der Waals surface area contributed by atoms with Crippen LogP contribution in [0.25, 0.3) is 21.7 Å². The van der Waals surface area contributed by atoms with Crippen molar-refractivity contribution in [2.45, 2.75) is 50.2 Å². The van der Waals surface area contributed by atoms with Gasteiger partial charge in [0.1, 0.15) is 18.1 Å². The highest BCUT2D eigenvalue weighted by molar-refractivity contribution is 5.95. The third-order valence-corrected chi connectivity index (χ3v) is 9.15. The van der Waals surface area contributed by atoms with Crippen LogP contribution >= 0.6 is 0 Å². The van der Waals surface area contributed by atoms with E-state index in [0.29, 0.717) is 12.8 Å². The maximum atomic E-state index is 14.2. The van der Waals surface area contributed by atoms with Crippen LogP contribution in [0.3, 0.4) is 0 Å². The van der Waals surface area contributed by atoms with Gasteiger partial charge >= 0.3 is 0 Å². The molecule has 49 heavy (non-hydrogen) atoms. The molecule has 2 aromatic heterocycles. The zero-order valence-corrected chi connectivity index (χ0v) is 27.2. The molecule has 1 aliphatic rings. The lowest BCUT2D eigenvalue weighted by atomic mass is 9.95. The van der Waals surface area contributed by atoms with Gasteiger partial charge in [-0.15, -0.1) is 0 Å². The average molecular weight is 660 g/mol. The number of hydrogen-bond donors (Lipinski definition) is 6. The second-order valence-electron chi connectivity index (χ2n) is 12.6. The number of pyridine rings is 1. The highest BCUT2D eigenvalue weighted by Gasteiger charge is 2.32. The minimum atomic E-state index is -1.09. The van der Waals surface area contributed by atoms with Crippen LogP contribution in [0.4, 0.5) is 0 Å². The Balaban J connectivity index is 1.27. The van der Waals surface area contributed by atoms with Crippen LogP contribution in [-0.2, 0) is 38.4 Å². The lowest BCUT2D eigenvalue weighted by Crippen LogP contribution is -2.58. The molecule has 1 fully saturated rings. The molecule has 252 valence electrons. The number of primary amides is 1. The number of carbonyl (C=O) groups excluding carboxylic acids is 4. The lowest BCUT2D eigenvalue weighted by Gasteiger charge is -2.27. The van der Waals surface area contributed by atoms with Gasteiger partial charge in [-0.25, -0.2) is 0 Å². The first-order chi connectivity index (χ1) is 23.8. The monoisotopic (exact) mass is 659 g/mol. The molecule has 3 atom stereocenters. The highest BCUT2D eigenvalue weighted by Crippen LogP contribution is 2.21.